The predicted molar refractivity (Wildman–Crippen MR) is 79.1 cm³/mol. The minimum absolute atomic E-state index is 0.136. The number of rotatable bonds is 8. The highest BCUT2D eigenvalue weighted by atomic mass is 16.5. The van der Waals surface area contributed by atoms with E-state index in [1.807, 2.05) is 25.3 Å². The van der Waals surface area contributed by atoms with Crippen molar-refractivity contribution < 1.29 is 14.3 Å². The van der Waals surface area contributed by atoms with Gasteiger partial charge in [0.05, 0.1) is 20.1 Å². The van der Waals surface area contributed by atoms with Crippen LogP contribution in [0.15, 0.2) is 18.3 Å². The number of hydrogen-bond donors (Lipinski definition) is 1. The molecule has 0 spiro atoms. The number of aromatic nitrogens is 1. The van der Waals surface area contributed by atoms with Crippen molar-refractivity contribution in [1.29, 1.82) is 0 Å². The molecule has 2 rings (SSSR count). The van der Waals surface area contributed by atoms with Crippen LogP contribution in [0.25, 0.3) is 0 Å². The third kappa shape index (κ3) is 4.68. The van der Waals surface area contributed by atoms with Gasteiger partial charge < -0.3 is 14.8 Å². The van der Waals surface area contributed by atoms with Gasteiger partial charge in [-0.2, -0.15) is 0 Å². The number of carbonyl (C=O) groups excluding carboxylic acids is 1. The molecule has 116 valence electrons. The highest BCUT2D eigenvalue weighted by Gasteiger charge is 2.25. The summed E-state index contributed by atoms with van der Waals surface area (Å²) >= 11 is 0. The molecule has 0 saturated carbocycles. The predicted octanol–water partition coefficient (Wildman–Crippen LogP) is 0.817. The summed E-state index contributed by atoms with van der Waals surface area (Å²) in [5.41, 5.74) is 1.12. The van der Waals surface area contributed by atoms with E-state index in [9.17, 15) is 4.79 Å². The Kier molecular flexibility index (Phi) is 5.95. The Morgan fingerprint density at radius 1 is 1.48 bits per heavy atom. The molecule has 6 nitrogen and oxygen atoms in total. The molecule has 6 heteroatoms. The molecule has 1 aliphatic heterocycles. The van der Waals surface area contributed by atoms with Crippen LogP contribution < -0.4 is 10.1 Å². The summed E-state index contributed by atoms with van der Waals surface area (Å²) in [7, 11) is 1.60. The van der Waals surface area contributed by atoms with E-state index in [4.69, 9.17) is 9.47 Å². The smallest absolute Gasteiger partial charge is 0.307 e. The van der Waals surface area contributed by atoms with E-state index in [-0.39, 0.29) is 5.97 Å². The molecule has 0 bridgehead atoms. The zero-order valence-electron chi connectivity index (χ0n) is 12.7. The lowest BCUT2D eigenvalue weighted by Gasteiger charge is -2.38. The van der Waals surface area contributed by atoms with Gasteiger partial charge in [0.1, 0.15) is 0 Å². The van der Waals surface area contributed by atoms with Gasteiger partial charge in [-0.15, -0.1) is 0 Å². The van der Waals surface area contributed by atoms with Crippen molar-refractivity contribution in [3.05, 3.63) is 23.9 Å². The molecule has 1 aliphatic rings. The van der Waals surface area contributed by atoms with Crippen LogP contribution in [0.1, 0.15) is 18.9 Å². The van der Waals surface area contributed by atoms with E-state index in [1.165, 1.54) is 0 Å². The third-order valence-corrected chi connectivity index (χ3v) is 3.58. The molecule has 1 fully saturated rings. The molecule has 21 heavy (non-hydrogen) atoms. The molecule has 0 amide bonds. The summed E-state index contributed by atoms with van der Waals surface area (Å²) < 4.78 is 10.1. The molecule has 0 radical (unpaired) electrons. The van der Waals surface area contributed by atoms with Crippen molar-refractivity contribution in [1.82, 2.24) is 15.2 Å². The van der Waals surface area contributed by atoms with Crippen molar-refractivity contribution in [2.45, 2.75) is 25.9 Å². The number of nitrogens with zero attached hydrogens (tertiary/aromatic N) is 2. The summed E-state index contributed by atoms with van der Waals surface area (Å²) in [4.78, 5) is 18.0. The fourth-order valence-corrected chi connectivity index (χ4v) is 2.25. The number of hydrogen-bond acceptors (Lipinski definition) is 6. The average Bonchev–Trinajstić information content (AvgIpc) is 2.44. The van der Waals surface area contributed by atoms with E-state index in [0.717, 1.165) is 25.2 Å². The topological polar surface area (TPSA) is 63.7 Å². The summed E-state index contributed by atoms with van der Waals surface area (Å²) in [5.74, 6) is 0.477. The van der Waals surface area contributed by atoms with Crippen molar-refractivity contribution >= 4 is 5.97 Å². The molecular formula is C15H23N3O3. The van der Waals surface area contributed by atoms with Crippen molar-refractivity contribution in [3.8, 4) is 5.88 Å². The lowest BCUT2D eigenvalue weighted by molar-refractivity contribution is -0.143. The Morgan fingerprint density at radius 3 is 2.81 bits per heavy atom. The van der Waals surface area contributed by atoms with Crippen LogP contribution in [0.2, 0.25) is 0 Å². The Bertz CT molecular complexity index is 446. The van der Waals surface area contributed by atoms with E-state index in [1.54, 1.807) is 7.11 Å². The van der Waals surface area contributed by atoms with Crippen LogP contribution in [0, 0.1) is 0 Å². The molecule has 0 unspecified atom stereocenters. The second-order valence-electron chi connectivity index (χ2n) is 5.05. The van der Waals surface area contributed by atoms with Gasteiger partial charge in [0.15, 0.2) is 0 Å². The summed E-state index contributed by atoms with van der Waals surface area (Å²) in [6.45, 7) is 5.68. The fraction of sp³-hybridized carbons (Fsp3) is 0.600. The van der Waals surface area contributed by atoms with Gasteiger partial charge >= 0.3 is 5.97 Å². The first kappa shape index (κ1) is 15.7. The van der Waals surface area contributed by atoms with Crippen molar-refractivity contribution in [2.24, 2.45) is 0 Å². The quantitative estimate of drug-likeness (QED) is 0.716. The first-order valence-corrected chi connectivity index (χ1v) is 7.32. The summed E-state index contributed by atoms with van der Waals surface area (Å²) in [6, 6.07) is 4.34. The maximum Gasteiger partial charge on any atom is 0.307 e. The zero-order chi connectivity index (χ0) is 15.1. The maximum atomic E-state index is 11.5. The van der Waals surface area contributed by atoms with Gasteiger partial charge in [0.25, 0.3) is 0 Å². The molecule has 1 aromatic heterocycles. The number of esters is 1. The van der Waals surface area contributed by atoms with Gasteiger partial charge in [0.2, 0.25) is 5.88 Å². The van der Waals surface area contributed by atoms with Crippen LogP contribution in [0.4, 0.5) is 0 Å². The van der Waals surface area contributed by atoms with Gasteiger partial charge in [-0.05, 0) is 12.5 Å². The maximum absolute atomic E-state index is 11.5. The van der Waals surface area contributed by atoms with Gasteiger partial charge in [-0.3, -0.25) is 9.69 Å². The zero-order valence-corrected chi connectivity index (χ0v) is 12.7. The van der Waals surface area contributed by atoms with Gasteiger partial charge in [-0.1, -0.05) is 6.07 Å². The first-order chi connectivity index (χ1) is 10.2. The van der Waals surface area contributed by atoms with Crippen LogP contribution in [0.3, 0.4) is 0 Å². The van der Waals surface area contributed by atoms with E-state index in [2.05, 4.69) is 15.2 Å². The number of carbonyl (C=O) groups is 1. The minimum atomic E-state index is -0.136. The van der Waals surface area contributed by atoms with Crippen LogP contribution in [-0.4, -0.2) is 55.2 Å². The largest absolute Gasteiger partial charge is 0.481 e. The van der Waals surface area contributed by atoms with Crippen LogP contribution >= 0.6 is 0 Å². The monoisotopic (exact) mass is 293 g/mol. The Hall–Kier alpha value is -1.66. The average molecular weight is 293 g/mol. The lowest BCUT2D eigenvalue weighted by Crippen LogP contribution is -2.57. The normalized spacial score (nSPS) is 14.8. The van der Waals surface area contributed by atoms with Crippen LogP contribution in [0.5, 0.6) is 5.88 Å². The highest BCUT2D eigenvalue weighted by molar-refractivity contribution is 5.69. The molecule has 1 N–H and O–H groups in total. The molecule has 2 heterocycles. The Labute approximate surface area is 125 Å². The Morgan fingerprint density at radius 2 is 2.29 bits per heavy atom. The molecule has 1 saturated heterocycles. The van der Waals surface area contributed by atoms with Crippen molar-refractivity contribution in [2.75, 3.05) is 33.4 Å². The second-order valence-corrected chi connectivity index (χ2v) is 5.05. The summed E-state index contributed by atoms with van der Waals surface area (Å²) in [6.07, 6.45) is 2.25. The standard InChI is InChI=1S/C15H23N3O3/c1-3-21-15(19)6-7-18(13-9-16-10-13)11-12-4-5-14(20-2)17-8-12/h4-5,8,13,16H,3,6-7,9-11H2,1-2H3. The first-order valence-electron chi connectivity index (χ1n) is 7.32. The molecule has 0 aliphatic carbocycles. The van der Waals surface area contributed by atoms with Gasteiger partial charge in [-0.25, -0.2) is 4.98 Å². The third-order valence-electron chi connectivity index (χ3n) is 3.58. The molecule has 0 atom stereocenters. The number of methoxy groups -OCH3 is 1. The SMILES string of the molecule is CCOC(=O)CCN(Cc1ccc(OC)nc1)C1CNC1. The molecule has 1 aromatic rings. The summed E-state index contributed by atoms with van der Waals surface area (Å²) in [5, 5.41) is 3.27. The van der Waals surface area contributed by atoms with E-state index < -0.39 is 0 Å². The van der Waals surface area contributed by atoms with Crippen LogP contribution in [-0.2, 0) is 16.1 Å². The second kappa shape index (κ2) is 7.95. The molecular weight excluding hydrogens is 270 g/mol. The Balaban J connectivity index is 1.90. The van der Waals surface area contributed by atoms with E-state index in [0.29, 0.717) is 31.5 Å². The van der Waals surface area contributed by atoms with Crippen molar-refractivity contribution in [3.63, 3.8) is 0 Å². The minimum Gasteiger partial charge on any atom is -0.481 e. The van der Waals surface area contributed by atoms with Gasteiger partial charge in [0, 0.05) is 44.5 Å². The van der Waals surface area contributed by atoms with E-state index >= 15 is 0 Å². The number of nitrogens with one attached hydrogen (secondary N) is 1. The number of ether oxygens (including phenoxy) is 2. The number of pyridine rings is 1. The molecule has 0 aromatic carbocycles. The highest BCUT2D eigenvalue weighted by Crippen LogP contribution is 2.14. The fourth-order valence-electron chi connectivity index (χ4n) is 2.25. The lowest BCUT2D eigenvalue weighted by atomic mass is 10.1.